The molecule has 3 aromatic rings. The Morgan fingerprint density at radius 1 is 0.565 bits per heavy atom. The molecular weight excluding hydrogens is 600 g/mol. The van der Waals surface area contributed by atoms with Crippen molar-refractivity contribution in [2.24, 2.45) is 0 Å². The summed E-state index contributed by atoms with van der Waals surface area (Å²) in [5.74, 6) is 0.652. The lowest BCUT2D eigenvalue weighted by Gasteiger charge is -2.20. The number of rotatable bonds is 25. The molecule has 0 aliphatic carbocycles. The number of hydrogen-bond donors (Lipinski definition) is 0. The summed E-state index contributed by atoms with van der Waals surface area (Å²) in [6.45, 7) is 2.76. The quantitative estimate of drug-likeness (QED) is 0.0389. The third-order valence-corrected chi connectivity index (χ3v) is 10.0. The number of para-hydroxylation sites is 3. The first-order valence-corrected chi connectivity index (χ1v) is 18.4. The minimum absolute atomic E-state index is 0.0295. The van der Waals surface area contributed by atoms with Crippen LogP contribution in [0.25, 0.3) is 0 Å². The molecule has 0 amide bonds. The Hall–Kier alpha value is -3.60. The molecule has 0 radical (unpaired) electrons. The van der Waals surface area contributed by atoms with Crippen LogP contribution in [-0.2, 0) is 22.1 Å². The highest BCUT2D eigenvalue weighted by Crippen LogP contribution is 2.22. The van der Waals surface area contributed by atoms with Crippen LogP contribution in [0.15, 0.2) is 72.8 Å². The highest BCUT2D eigenvalue weighted by molar-refractivity contribution is 6.62. The lowest BCUT2D eigenvalue weighted by molar-refractivity contribution is -0.385. The molecule has 3 rings (SSSR count). The van der Waals surface area contributed by atoms with Gasteiger partial charge in [-0.1, -0.05) is 133 Å². The van der Waals surface area contributed by atoms with Gasteiger partial charge in [-0.15, -0.1) is 0 Å². The second-order valence-electron chi connectivity index (χ2n) is 11.7. The van der Waals surface area contributed by atoms with Gasteiger partial charge in [-0.05, 0) is 24.6 Å². The molecule has 0 atom stereocenters. The van der Waals surface area contributed by atoms with Crippen LogP contribution in [0.3, 0.4) is 0 Å². The molecule has 0 unspecified atom stereocenters. The van der Waals surface area contributed by atoms with Gasteiger partial charge in [-0.25, -0.2) is 0 Å². The Balaban J connectivity index is 1.52. The lowest BCUT2D eigenvalue weighted by atomic mass is 10.0. The first kappa shape index (κ1) is 36.9. The monoisotopic (exact) mass is 650 g/mol. The third-order valence-electron chi connectivity index (χ3n) is 8.09. The van der Waals surface area contributed by atoms with Crippen LogP contribution in [-0.4, -0.2) is 25.7 Å². The average Bonchev–Trinajstić information content (AvgIpc) is 3.07. The van der Waals surface area contributed by atoms with Crippen molar-refractivity contribution in [1.82, 2.24) is 0 Å². The molecule has 9 nitrogen and oxygen atoms in total. The molecule has 10 heteroatoms. The summed E-state index contributed by atoms with van der Waals surface area (Å²) in [4.78, 5) is 22.3. The largest absolute Gasteiger partial charge is 0.494 e. The number of benzene rings is 3. The van der Waals surface area contributed by atoms with E-state index < -0.39 is 19.1 Å². The number of nitrogens with zero attached hydrogens (tertiary/aromatic N) is 2. The van der Waals surface area contributed by atoms with Gasteiger partial charge in [-0.2, -0.15) is 0 Å². The summed E-state index contributed by atoms with van der Waals surface area (Å²) >= 11 is 0. The Morgan fingerprint density at radius 3 is 1.46 bits per heavy atom. The molecule has 0 aliphatic rings. The highest BCUT2D eigenvalue weighted by atomic mass is 28.3. The number of hydrogen-bond acceptors (Lipinski definition) is 7. The number of unbranched alkanes of at least 4 members (excludes halogenated alkanes) is 13. The van der Waals surface area contributed by atoms with Crippen molar-refractivity contribution >= 4 is 25.8 Å². The number of nitro benzene ring substituents is 2. The van der Waals surface area contributed by atoms with Gasteiger partial charge in [0, 0.05) is 17.3 Å². The maximum absolute atomic E-state index is 11.6. The molecule has 0 aromatic heterocycles. The lowest BCUT2D eigenvalue weighted by Crippen LogP contribution is -2.38. The smallest absolute Gasteiger partial charge is 0.360 e. The van der Waals surface area contributed by atoms with Crippen molar-refractivity contribution in [2.75, 3.05) is 6.61 Å². The van der Waals surface area contributed by atoms with Gasteiger partial charge in [0.2, 0.25) is 0 Å². The fourth-order valence-electron chi connectivity index (χ4n) is 5.47. The van der Waals surface area contributed by atoms with Crippen LogP contribution in [0.4, 0.5) is 11.4 Å². The van der Waals surface area contributed by atoms with E-state index in [-0.39, 0.29) is 24.6 Å². The standard InChI is InChI=1S/C36H50N2O7Si/c1-2-3-4-5-6-7-8-9-10-11-12-13-14-21-28-43-35-26-19-20-27-36(35)46(44-29-31-22-15-17-24-33(31)37(39)40)45-30-32-23-16-18-25-34(32)38(41)42/h15-20,22-27,46H,2-14,21,28-30H2,1H3. The third kappa shape index (κ3) is 13.4. The topological polar surface area (TPSA) is 114 Å². The molecule has 0 spiro atoms. The Bertz CT molecular complexity index is 1260. The van der Waals surface area contributed by atoms with Gasteiger partial charge in [0.05, 0.1) is 40.8 Å². The predicted molar refractivity (Wildman–Crippen MR) is 185 cm³/mol. The van der Waals surface area contributed by atoms with E-state index in [0.29, 0.717) is 23.5 Å². The van der Waals surface area contributed by atoms with Gasteiger partial charge in [0.25, 0.3) is 11.4 Å². The second kappa shape index (κ2) is 22.0. The molecule has 0 bridgehead atoms. The van der Waals surface area contributed by atoms with E-state index in [1.54, 1.807) is 36.4 Å². The van der Waals surface area contributed by atoms with Crippen molar-refractivity contribution in [3.8, 4) is 5.75 Å². The Labute approximate surface area is 275 Å². The van der Waals surface area contributed by atoms with Crippen molar-refractivity contribution < 1.29 is 23.4 Å². The molecule has 46 heavy (non-hydrogen) atoms. The van der Waals surface area contributed by atoms with Crippen molar-refractivity contribution in [3.05, 3.63) is 104 Å². The summed E-state index contributed by atoms with van der Waals surface area (Å²) < 4.78 is 18.7. The van der Waals surface area contributed by atoms with E-state index in [2.05, 4.69) is 6.92 Å². The van der Waals surface area contributed by atoms with Crippen molar-refractivity contribution in [3.63, 3.8) is 0 Å². The maximum Gasteiger partial charge on any atom is 0.360 e. The zero-order chi connectivity index (χ0) is 32.8. The second-order valence-corrected chi connectivity index (χ2v) is 13.7. The molecule has 0 heterocycles. The van der Waals surface area contributed by atoms with Gasteiger partial charge in [-0.3, -0.25) is 20.2 Å². The van der Waals surface area contributed by atoms with Crippen LogP contribution in [0.2, 0.25) is 0 Å². The van der Waals surface area contributed by atoms with E-state index >= 15 is 0 Å². The van der Waals surface area contributed by atoms with Crippen LogP contribution >= 0.6 is 0 Å². The first-order chi connectivity index (χ1) is 22.5. The highest BCUT2D eigenvalue weighted by Gasteiger charge is 2.25. The van der Waals surface area contributed by atoms with Crippen molar-refractivity contribution in [2.45, 2.75) is 110 Å². The molecule has 250 valence electrons. The van der Waals surface area contributed by atoms with E-state index in [9.17, 15) is 20.2 Å². The average molecular weight is 651 g/mol. The van der Waals surface area contributed by atoms with E-state index in [1.807, 2.05) is 24.3 Å². The summed E-state index contributed by atoms with van der Waals surface area (Å²) in [5, 5.41) is 23.9. The summed E-state index contributed by atoms with van der Waals surface area (Å²) in [6.07, 6.45) is 18.0. The zero-order valence-electron chi connectivity index (χ0n) is 27.3. The van der Waals surface area contributed by atoms with Gasteiger partial charge < -0.3 is 13.6 Å². The normalized spacial score (nSPS) is 11.2. The SMILES string of the molecule is CCCCCCCCCCCCCCCCOc1ccccc1[SiH](OCc1ccccc1[N+](=O)[O-])OCc1ccccc1[N+](=O)[O-]. The molecule has 3 aromatic carbocycles. The minimum Gasteiger partial charge on any atom is -0.494 e. The fourth-order valence-corrected chi connectivity index (χ4v) is 7.26. The van der Waals surface area contributed by atoms with Crippen LogP contribution in [0.5, 0.6) is 5.75 Å². The van der Waals surface area contributed by atoms with Crippen LogP contribution in [0.1, 0.15) is 108 Å². The van der Waals surface area contributed by atoms with Gasteiger partial charge in [0.1, 0.15) is 5.75 Å². The van der Waals surface area contributed by atoms with Crippen molar-refractivity contribution in [1.29, 1.82) is 0 Å². The summed E-state index contributed by atoms with van der Waals surface area (Å²) in [5.41, 5.74) is 0.799. The van der Waals surface area contributed by atoms with Crippen LogP contribution < -0.4 is 9.92 Å². The zero-order valence-corrected chi connectivity index (χ0v) is 28.4. The predicted octanol–water partition coefficient (Wildman–Crippen LogP) is 9.22. The Morgan fingerprint density at radius 2 is 0.978 bits per heavy atom. The first-order valence-electron chi connectivity index (χ1n) is 16.9. The molecule has 0 saturated carbocycles. The summed E-state index contributed by atoms with van der Waals surface area (Å²) in [7, 11) is -2.74. The summed E-state index contributed by atoms with van der Waals surface area (Å²) in [6, 6.07) is 20.4. The van der Waals surface area contributed by atoms with E-state index in [4.69, 9.17) is 13.6 Å². The van der Waals surface area contributed by atoms with Crippen LogP contribution in [0, 0.1) is 20.2 Å². The fraction of sp³-hybridized carbons (Fsp3) is 0.500. The molecular formula is C36H50N2O7Si. The number of ether oxygens (including phenoxy) is 1. The molecule has 0 N–H and O–H groups in total. The minimum atomic E-state index is -2.74. The van der Waals surface area contributed by atoms with Gasteiger partial charge in [0.15, 0.2) is 0 Å². The van der Waals surface area contributed by atoms with E-state index in [1.165, 1.54) is 89.2 Å². The molecule has 0 saturated heterocycles. The van der Waals surface area contributed by atoms with E-state index in [0.717, 1.165) is 18.0 Å². The maximum atomic E-state index is 11.6. The molecule has 0 aliphatic heterocycles. The Kier molecular flexibility index (Phi) is 17.6. The van der Waals surface area contributed by atoms with Gasteiger partial charge >= 0.3 is 9.28 Å². The number of nitro groups is 2. The molecule has 0 fully saturated rings.